The van der Waals surface area contributed by atoms with E-state index in [2.05, 4.69) is 15.9 Å². The Morgan fingerprint density at radius 1 is 1.52 bits per heavy atom. The number of esters is 1. The van der Waals surface area contributed by atoms with Gasteiger partial charge >= 0.3 is 5.97 Å². The third-order valence-electron chi connectivity index (χ3n) is 3.14. The summed E-state index contributed by atoms with van der Waals surface area (Å²) >= 11 is 3.16. The molecule has 0 N–H and O–H groups in total. The van der Waals surface area contributed by atoms with E-state index in [0.29, 0.717) is 16.6 Å². The minimum absolute atomic E-state index is 0.0817. The molecule has 1 aromatic carbocycles. The Kier molecular flexibility index (Phi) is 5.29. The number of carbonyl (C=O) groups excluding carboxylic acids is 1. The van der Waals surface area contributed by atoms with E-state index in [4.69, 9.17) is 20.2 Å². The van der Waals surface area contributed by atoms with E-state index < -0.39 is 15.0 Å². The Labute approximate surface area is 136 Å². The van der Waals surface area contributed by atoms with Crippen LogP contribution in [0.3, 0.4) is 0 Å². The van der Waals surface area contributed by atoms with Crippen LogP contribution in [0.15, 0.2) is 21.5 Å². The molecular formula is C13H14BrClO5S. The van der Waals surface area contributed by atoms with Gasteiger partial charge in [-0.1, -0.05) is 0 Å². The van der Waals surface area contributed by atoms with Crippen LogP contribution in [0.1, 0.15) is 28.8 Å². The fourth-order valence-corrected chi connectivity index (χ4v) is 4.22. The normalized spacial score (nSPS) is 18.7. The maximum atomic E-state index is 12.0. The molecule has 0 radical (unpaired) electrons. The summed E-state index contributed by atoms with van der Waals surface area (Å²) in [4.78, 5) is 11.9. The minimum atomic E-state index is -3.95. The fourth-order valence-electron chi connectivity index (χ4n) is 2.06. The SMILES string of the molecule is Cc1cc(C(=O)OCC2CCCO2)cc(S(=O)(=O)Cl)c1Br. The largest absolute Gasteiger partial charge is 0.459 e. The Balaban J connectivity index is 2.19. The Bertz CT molecular complexity index is 653. The van der Waals surface area contributed by atoms with Crippen molar-refractivity contribution in [3.05, 3.63) is 27.7 Å². The summed E-state index contributed by atoms with van der Waals surface area (Å²) in [5, 5.41) is 0. The number of carbonyl (C=O) groups is 1. The van der Waals surface area contributed by atoms with Gasteiger partial charge in [0.15, 0.2) is 0 Å². The zero-order valence-electron chi connectivity index (χ0n) is 11.3. The van der Waals surface area contributed by atoms with Crippen LogP contribution in [0.2, 0.25) is 0 Å². The van der Waals surface area contributed by atoms with Crippen LogP contribution in [0.4, 0.5) is 0 Å². The lowest BCUT2D eigenvalue weighted by atomic mass is 10.1. The van der Waals surface area contributed by atoms with Crippen molar-refractivity contribution in [2.75, 3.05) is 13.2 Å². The van der Waals surface area contributed by atoms with Gasteiger partial charge in [0.25, 0.3) is 9.05 Å². The standard InChI is InChI=1S/C13H14BrClO5S/c1-8-5-9(6-11(12(8)14)21(15,17)18)13(16)20-7-10-3-2-4-19-10/h5-6,10H,2-4,7H2,1H3. The molecule has 1 aliphatic heterocycles. The third-order valence-corrected chi connectivity index (χ3v) is 5.80. The van der Waals surface area contributed by atoms with E-state index >= 15 is 0 Å². The highest BCUT2D eigenvalue weighted by Crippen LogP contribution is 2.30. The van der Waals surface area contributed by atoms with Crippen molar-refractivity contribution in [3.63, 3.8) is 0 Å². The van der Waals surface area contributed by atoms with E-state index in [0.717, 1.165) is 12.8 Å². The van der Waals surface area contributed by atoms with E-state index in [1.165, 1.54) is 6.07 Å². The highest BCUT2D eigenvalue weighted by Gasteiger charge is 2.22. The molecule has 1 atom stereocenters. The number of hydrogen-bond acceptors (Lipinski definition) is 5. The maximum Gasteiger partial charge on any atom is 0.338 e. The second-order valence-corrected chi connectivity index (χ2v) is 8.10. The highest BCUT2D eigenvalue weighted by molar-refractivity contribution is 9.10. The van der Waals surface area contributed by atoms with Crippen molar-refractivity contribution < 1.29 is 22.7 Å². The van der Waals surface area contributed by atoms with Gasteiger partial charge in [0, 0.05) is 21.8 Å². The smallest absolute Gasteiger partial charge is 0.338 e. The number of aryl methyl sites for hydroxylation is 1. The molecule has 0 spiro atoms. The lowest BCUT2D eigenvalue weighted by molar-refractivity contribution is 0.0161. The van der Waals surface area contributed by atoms with E-state index in [1.807, 2.05) is 0 Å². The van der Waals surface area contributed by atoms with E-state index in [1.54, 1.807) is 13.0 Å². The minimum Gasteiger partial charge on any atom is -0.459 e. The zero-order chi connectivity index (χ0) is 15.6. The van der Waals surface area contributed by atoms with Crippen LogP contribution in [0.5, 0.6) is 0 Å². The molecule has 1 heterocycles. The predicted octanol–water partition coefficient (Wildman–Crippen LogP) is 3.02. The summed E-state index contributed by atoms with van der Waals surface area (Å²) in [7, 11) is 1.41. The van der Waals surface area contributed by atoms with Gasteiger partial charge < -0.3 is 9.47 Å². The van der Waals surface area contributed by atoms with Gasteiger partial charge in [-0.2, -0.15) is 0 Å². The number of ether oxygens (including phenoxy) is 2. The topological polar surface area (TPSA) is 69.7 Å². The van der Waals surface area contributed by atoms with E-state index in [9.17, 15) is 13.2 Å². The average Bonchev–Trinajstić information content (AvgIpc) is 2.90. The summed E-state index contributed by atoms with van der Waals surface area (Å²) in [6.07, 6.45) is 1.73. The van der Waals surface area contributed by atoms with Crippen molar-refractivity contribution >= 4 is 41.6 Å². The first-order valence-corrected chi connectivity index (χ1v) is 9.43. The summed E-state index contributed by atoms with van der Waals surface area (Å²) in [5.74, 6) is -0.595. The van der Waals surface area contributed by atoms with Crippen molar-refractivity contribution in [2.45, 2.75) is 30.8 Å². The molecule has 116 valence electrons. The van der Waals surface area contributed by atoms with Crippen molar-refractivity contribution in [1.82, 2.24) is 0 Å². The van der Waals surface area contributed by atoms with Crippen LogP contribution >= 0.6 is 26.6 Å². The molecule has 1 aromatic rings. The van der Waals surface area contributed by atoms with Gasteiger partial charge in [-0.3, -0.25) is 0 Å². The molecule has 0 amide bonds. The van der Waals surface area contributed by atoms with Gasteiger partial charge in [0.1, 0.15) is 6.61 Å². The molecule has 1 saturated heterocycles. The first kappa shape index (κ1) is 16.7. The number of rotatable bonds is 4. The van der Waals surface area contributed by atoms with Crippen molar-refractivity contribution in [2.24, 2.45) is 0 Å². The van der Waals surface area contributed by atoms with Crippen LogP contribution in [-0.4, -0.2) is 33.7 Å². The summed E-state index contributed by atoms with van der Waals surface area (Å²) in [6, 6.07) is 2.75. The molecule has 1 aliphatic rings. The number of hydrogen-bond donors (Lipinski definition) is 0. The van der Waals surface area contributed by atoms with E-state index in [-0.39, 0.29) is 23.2 Å². The fraction of sp³-hybridized carbons (Fsp3) is 0.462. The Morgan fingerprint density at radius 3 is 2.81 bits per heavy atom. The zero-order valence-corrected chi connectivity index (χ0v) is 14.4. The molecule has 5 nitrogen and oxygen atoms in total. The van der Waals surface area contributed by atoms with Crippen LogP contribution in [0, 0.1) is 6.92 Å². The monoisotopic (exact) mass is 396 g/mol. The van der Waals surface area contributed by atoms with Crippen LogP contribution in [0.25, 0.3) is 0 Å². The summed E-state index contributed by atoms with van der Waals surface area (Å²) in [5.41, 5.74) is 0.730. The number of benzene rings is 1. The lowest BCUT2D eigenvalue weighted by Crippen LogP contribution is -2.18. The highest BCUT2D eigenvalue weighted by atomic mass is 79.9. The van der Waals surface area contributed by atoms with Crippen LogP contribution < -0.4 is 0 Å². The van der Waals surface area contributed by atoms with Gasteiger partial charge in [-0.15, -0.1) is 0 Å². The van der Waals surface area contributed by atoms with Gasteiger partial charge in [-0.05, 0) is 53.4 Å². The second kappa shape index (κ2) is 6.64. The Hall–Kier alpha value is -0.630. The first-order valence-electron chi connectivity index (χ1n) is 6.32. The summed E-state index contributed by atoms with van der Waals surface area (Å²) in [6.45, 7) is 2.51. The molecule has 0 aliphatic carbocycles. The first-order chi connectivity index (χ1) is 9.79. The molecule has 21 heavy (non-hydrogen) atoms. The molecule has 0 saturated carbocycles. The molecule has 1 fully saturated rings. The van der Waals surface area contributed by atoms with Gasteiger partial charge in [0.05, 0.1) is 16.6 Å². The lowest BCUT2D eigenvalue weighted by Gasteiger charge is -2.12. The predicted molar refractivity (Wildman–Crippen MR) is 81.2 cm³/mol. The average molecular weight is 398 g/mol. The summed E-state index contributed by atoms with van der Waals surface area (Å²) < 4.78 is 33.9. The molecule has 8 heteroatoms. The van der Waals surface area contributed by atoms with Crippen molar-refractivity contribution in [3.8, 4) is 0 Å². The second-order valence-electron chi connectivity index (χ2n) is 4.78. The maximum absolute atomic E-state index is 12.0. The quantitative estimate of drug-likeness (QED) is 0.577. The molecular weight excluding hydrogens is 384 g/mol. The van der Waals surface area contributed by atoms with Crippen molar-refractivity contribution in [1.29, 1.82) is 0 Å². The van der Waals surface area contributed by atoms with Gasteiger partial charge in [0.2, 0.25) is 0 Å². The van der Waals surface area contributed by atoms with Gasteiger partial charge in [-0.25, -0.2) is 13.2 Å². The number of halogens is 2. The molecule has 2 rings (SSSR count). The molecule has 0 bridgehead atoms. The Morgan fingerprint density at radius 2 is 2.24 bits per heavy atom. The molecule has 0 aromatic heterocycles. The third kappa shape index (κ3) is 4.18. The van der Waals surface area contributed by atoms with Crippen LogP contribution in [-0.2, 0) is 18.5 Å². The molecule has 1 unspecified atom stereocenters.